The number of hydrogen-bond acceptors (Lipinski definition) is 13. The molecule has 1 saturated heterocycles. The Bertz CT molecular complexity index is 1080. The van der Waals surface area contributed by atoms with Crippen LogP contribution in [0.4, 0.5) is 11.6 Å². The third kappa shape index (κ3) is 8.72. The van der Waals surface area contributed by atoms with Gasteiger partial charge >= 0.3 is 23.9 Å². The Morgan fingerprint density at radius 2 is 1.31 bits per heavy atom. The van der Waals surface area contributed by atoms with Crippen molar-refractivity contribution in [2.75, 3.05) is 24.7 Å². The first-order chi connectivity index (χ1) is 18.7. The fraction of sp³-hybridized carbons (Fsp3) is 0.462. The summed E-state index contributed by atoms with van der Waals surface area (Å²) in [5, 5.41) is 0. The molecule has 0 aromatic carbocycles. The first-order valence-electron chi connectivity index (χ1n) is 12.2. The average molecular weight is 546 g/mol. The third-order valence-corrected chi connectivity index (χ3v) is 5.40. The number of ether oxygens (including phenoxy) is 6. The van der Waals surface area contributed by atoms with Crippen LogP contribution in [-0.4, -0.2) is 84.3 Å². The van der Waals surface area contributed by atoms with Crippen LogP contribution in [0.3, 0.4) is 0 Å². The molecule has 0 unspecified atom stereocenters. The summed E-state index contributed by atoms with van der Waals surface area (Å²) in [6, 6.07) is 10.9. The van der Waals surface area contributed by atoms with Gasteiger partial charge in [0.05, 0.1) is 6.61 Å². The highest BCUT2D eigenvalue weighted by Gasteiger charge is 2.52. The first-order valence-corrected chi connectivity index (χ1v) is 12.2. The van der Waals surface area contributed by atoms with Crippen molar-refractivity contribution in [1.82, 2.24) is 9.97 Å². The summed E-state index contributed by atoms with van der Waals surface area (Å²) in [4.78, 5) is 57.9. The van der Waals surface area contributed by atoms with Gasteiger partial charge in [0.2, 0.25) is 0 Å². The van der Waals surface area contributed by atoms with E-state index in [4.69, 9.17) is 28.4 Å². The number of aromatic nitrogens is 2. The monoisotopic (exact) mass is 545 g/mol. The molecule has 1 aliphatic rings. The van der Waals surface area contributed by atoms with E-state index >= 15 is 0 Å². The third-order valence-electron chi connectivity index (χ3n) is 5.40. The van der Waals surface area contributed by atoms with Gasteiger partial charge in [-0.25, -0.2) is 9.97 Å². The quantitative estimate of drug-likeness (QED) is 0.298. The van der Waals surface area contributed by atoms with Gasteiger partial charge in [-0.15, -0.1) is 0 Å². The molecule has 0 spiro atoms. The van der Waals surface area contributed by atoms with Gasteiger partial charge in [0.15, 0.2) is 24.6 Å². The number of anilines is 2. The SMILES string of the molecule is CC(=O)OC[C@H]1O[C@@H](OCCN(c2ccccn2)c2ccccn2)[C@@H](OC(C)=O)[C@@H](OC(C)=O)[C@@H]1OC(C)=O. The lowest BCUT2D eigenvalue weighted by atomic mass is 9.98. The van der Waals surface area contributed by atoms with Crippen LogP contribution in [0.25, 0.3) is 0 Å². The molecular formula is C26H31N3O10. The summed E-state index contributed by atoms with van der Waals surface area (Å²) in [5.74, 6) is -1.53. The summed E-state index contributed by atoms with van der Waals surface area (Å²) < 4.78 is 33.3. The van der Waals surface area contributed by atoms with Crippen molar-refractivity contribution >= 4 is 35.5 Å². The van der Waals surface area contributed by atoms with E-state index in [0.29, 0.717) is 11.6 Å². The highest BCUT2D eigenvalue weighted by Crippen LogP contribution is 2.30. The van der Waals surface area contributed by atoms with Gasteiger partial charge in [0.25, 0.3) is 0 Å². The van der Waals surface area contributed by atoms with Crippen LogP contribution < -0.4 is 4.90 Å². The topological polar surface area (TPSA) is 153 Å². The summed E-state index contributed by atoms with van der Waals surface area (Å²) in [6.45, 7) is 4.60. The fourth-order valence-electron chi connectivity index (χ4n) is 3.96. The predicted octanol–water partition coefficient (Wildman–Crippen LogP) is 1.71. The molecule has 5 atom stereocenters. The normalized spacial score (nSPS) is 22.3. The molecule has 1 aliphatic heterocycles. The Hall–Kier alpha value is -4.10. The number of nitrogens with zero attached hydrogens (tertiary/aromatic N) is 3. The van der Waals surface area contributed by atoms with Gasteiger partial charge in [0.1, 0.15) is 24.3 Å². The number of rotatable bonds is 11. The van der Waals surface area contributed by atoms with E-state index in [1.807, 2.05) is 29.2 Å². The van der Waals surface area contributed by atoms with Crippen LogP contribution in [0.5, 0.6) is 0 Å². The molecule has 39 heavy (non-hydrogen) atoms. The lowest BCUT2D eigenvalue weighted by Crippen LogP contribution is -2.63. The highest BCUT2D eigenvalue weighted by molar-refractivity contribution is 5.68. The van der Waals surface area contributed by atoms with Crippen LogP contribution in [0.1, 0.15) is 27.7 Å². The highest BCUT2D eigenvalue weighted by atomic mass is 16.7. The van der Waals surface area contributed by atoms with Gasteiger partial charge in [-0.2, -0.15) is 0 Å². The molecule has 1 fully saturated rings. The Morgan fingerprint density at radius 1 is 0.769 bits per heavy atom. The molecule has 3 heterocycles. The molecule has 210 valence electrons. The van der Waals surface area contributed by atoms with E-state index in [-0.39, 0.29) is 19.8 Å². The Balaban J connectivity index is 1.87. The summed E-state index contributed by atoms with van der Waals surface area (Å²) in [7, 11) is 0. The van der Waals surface area contributed by atoms with E-state index in [1.165, 1.54) is 6.92 Å². The van der Waals surface area contributed by atoms with E-state index in [0.717, 1.165) is 20.8 Å². The summed E-state index contributed by atoms with van der Waals surface area (Å²) in [5.41, 5.74) is 0. The molecule has 0 amide bonds. The van der Waals surface area contributed by atoms with Gasteiger partial charge < -0.3 is 33.3 Å². The van der Waals surface area contributed by atoms with Crippen molar-refractivity contribution in [2.24, 2.45) is 0 Å². The molecule has 0 radical (unpaired) electrons. The minimum absolute atomic E-state index is 0.0148. The minimum atomic E-state index is -1.31. The Kier molecular flexibility index (Phi) is 10.7. The van der Waals surface area contributed by atoms with Crippen molar-refractivity contribution in [3.63, 3.8) is 0 Å². The molecule has 13 nitrogen and oxygen atoms in total. The maximum absolute atomic E-state index is 12.0. The molecule has 0 N–H and O–H groups in total. The standard InChI is InChI=1S/C26H31N3O10/c1-16(30)35-15-20-23(36-17(2)31)24(37-18(3)32)25(38-19(4)33)26(39-20)34-14-13-29(21-9-5-7-11-27-21)22-10-6-8-12-28-22/h5-12,20,23-26H,13-15H2,1-4H3/t20-,23-,24+,25+,26-/m1/s1. The van der Waals surface area contributed by atoms with Crippen LogP contribution in [0, 0.1) is 0 Å². The van der Waals surface area contributed by atoms with E-state index in [1.54, 1.807) is 24.5 Å². The zero-order valence-corrected chi connectivity index (χ0v) is 22.1. The van der Waals surface area contributed by atoms with Gasteiger partial charge in [0, 0.05) is 46.6 Å². The second kappa shape index (κ2) is 14.2. The Labute approximate surface area is 225 Å². The van der Waals surface area contributed by atoms with Gasteiger partial charge in [-0.05, 0) is 24.3 Å². The summed E-state index contributed by atoms with van der Waals surface area (Å²) in [6.07, 6.45) is -2.95. The van der Waals surface area contributed by atoms with E-state index in [2.05, 4.69) is 9.97 Å². The van der Waals surface area contributed by atoms with Crippen molar-refractivity contribution in [2.45, 2.75) is 58.4 Å². The maximum atomic E-state index is 12.0. The van der Waals surface area contributed by atoms with Crippen molar-refractivity contribution in [1.29, 1.82) is 0 Å². The molecule has 0 bridgehead atoms. The van der Waals surface area contributed by atoms with Crippen LogP contribution in [-0.2, 0) is 47.6 Å². The molecular weight excluding hydrogens is 514 g/mol. The predicted molar refractivity (Wildman–Crippen MR) is 133 cm³/mol. The van der Waals surface area contributed by atoms with Crippen molar-refractivity contribution < 1.29 is 47.6 Å². The second-order valence-electron chi connectivity index (χ2n) is 8.47. The van der Waals surface area contributed by atoms with E-state index < -0.39 is 54.6 Å². The van der Waals surface area contributed by atoms with E-state index in [9.17, 15) is 19.2 Å². The second-order valence-corrected chi connectivity index (χ2v) is 8.47. The number of esters is 4. The van der Waals surface area contributed by atoms with Gasteiger partial charge in [-0.1, -0.05) is 12.1 Å². The number of carbonyl (C=O) groups is 4. The average Bonchev–Trinajstić information content (AvgIpc) is 2.89. The molecule has 2 aromatic heterocycles. The molecule has 0 aliphatic carbocycles. The lowest BCUT2D eigenvalue weighted by molar-refractivity contribution is -0.307. The fourth-order valence-corrected chi connectivity index (χ4v) is 3.96. The van der Waals surface area contributed by atoms with Crippen LogP contribution in [0.15, 0.2) is 48.8 Å². The smallest absolute Gasteiger partial charge is 0.303 e. The van der Waals surface area contributed by atoms with Crippen molar-refractivity contribution in [3.8, 4) is 0 Å². The zero-order chi connectivity index (χ0) is 28.4. The molecule has 2 aromatic rings. The van der Waals surface area contributed by atoms with Crippen LogP contribution in [0.2, 0.25) is 0 Å². The molecule has 3 rings (SSSR count). The largest absolute Gasteiger partial charge is 0.463 e. The number of hydrogen-bond donors (Lipinski definition) is 0. The first kappa shape index (κ1) is 29.5. The number of pyridine rings is 2. The van der Waals surface area contributed by atoms with Crippen LogP contribution >= 0.6 is 0 Å². The minimum Gasteiger partial charge on any atom is -0.463 e. The summed E-state index contributed by atoms with van der Waals surface area (Å²) >= 11 is 0. The maximum Gasteiger partial charge on any atom is 0.303 e. The number of carbonyl (C=O) groups excluding carboxylic acids is 4. The lowest BCUT2D eigenvalue weighted by Gasteiger charge is -2.44. The Morgan fingerprint density at radius 3 is 1.79 bits per heavy atom. The van der Waals surface area contributed by atoms with Crippen molar-refractivity contribution in [3.05, 3.63) is 48.8 Å². The molecule has 13 heteroatoms. The molecule has 0 saturated carbocycles. The zero-order valence-electron chi connectivity index (χ0n) is 22.1. The van der Waals surface area contributed by atoms with Gasteiger partial charge in [-0.3, -0.25) is 19.2 Å².